The minimum Gasteiger partial charge on any atom is -0.490 e. The maximum Gasteiger partial charge on any atom is 0.263 e. The van der Waals surface area contributed by atoms with Crippen molar-refractivity contribution in [2.75, 3.05) is 19.7 Å². The van der Waals surface area contributed by atoms with Gasteiger partial charge in [0.05, 0.1) is 6.61 Å². The van der Waals surface area contributed by atoms with Crippen LogP contribution in [0.3, 0.4) is 0 Å². The van der Waals surface area contributed by atoms with Gasteiger partial charge in [-0.15, -0.1) is 0 Å². The van der Waals surface area contributed by atoms with Crippen molar-refractivity contribution in [2.24, 2.45) is 5.73 Å². The highest BCUT2D eigenvalue weighted by atomic mass is 16.5. The third-order valence-corrected chi connectivity index (χ3v) is 3.64. The van der Waals surface area contributed by atoms with Gasteiger partial charge in [0.1, 0.15) is 0 Å². The molecular weight excluding hydrogens is 268 g/mol. The Kier molecular flexibility index (Phi) is 5.44. The van der Waals surface area contributed by atoms with Crippen LogP contribution in [0.4, 0.5) is 0 Å². The lowest BCUT2D eigenvalue weighted by molar-refractivity contribution is -0.136. The molecule has 1 aliphatic heterocycles. The standard InChI is InChI=1S/C16H24N2O3/c1-3-20-14-8-6-7-13(11-17)15(14)21-12(2)16(19)18-9-4-5-10-18/h6-8,12H,3-5,9-11,17H2,1-2H3. The van der Waals surface area contributed by atoms with Crippen molar-refractivity contribution in [3.8, 4) is 11.5 Å². The molecule has 116 valence electrons. The van der Waals surface area contributed by atoms with E-state index >= 15 is 0 Å². The molecule has 2 N–H and O–H groups in total. The van der Waals surface area contributed by atoms with Gasteiger partial charge >= 0.3 is 0 Å². The van der Waals surface area contributed by atoms with Crippen molar-refractivity contribution in [1.29, 1.82) is 0 Å². The van der Waals surface area contributed by atoms with Crippen molar-refractivity contribution in [1.82, 2.24) is 4.90 Å². The number of nitrogens with two attached hydrogens (primary N) is 1. The van der Waals surface area contributed by atoms with Crippen molar-refractivity contribution >= 4 is 5.91 Å². The van der Waals surface area contributed by atoms with Gasteiger partial charge in [0, 0.05) is 25.2 Å². The number of para-hydroxylation sites is 1. The van der Waals surface area contributed by atoms with Gasteiger partial charge in [-0.2, -0.15) is 0 Å². The summed E-state index contributed by atoms with van der Waals surface area (Å²) in [7, 11) is 0. The summed E-state index contributed by atoms with van der Waals surface area (Å²) in [5.41, 5.74) is 6.61. The molecule has 1 heterocycles. The Balaban J connectivity index is 2.14. The fourth-order valence-corrected chi connectivity index (χ4v) is 2.55. The Morgan fingerprint density at radius 1 is 1.38 bits per heavy atom. The average molecular weight is 292 g/mol. The Labute approximate surface area is 126 Å². The number of carbonyl (C=O) groups is 1. The number of nitrogens with zero attached hydrogens (tertiary/aromatic N) is 1. The fraction of sp³-hybridized carbons (Fsp3) is 0.562. The molecule has 1 fully saturated rings. The van der Waals surface area contributed by atoms with Crippen molar-refractivity contribution in [2.45, 2.75) is 39.3 Å². The predicted molar refractivity (Wildman–Crippen MR) is 81.4 cm³/mol. The molecule has 1 aromatic carbocycles. The lowest BCUT2D eigenvalue weighted by Gasteiger charge is -2.23. The summed E-state index contributed by atoms with van der Waals surface area (Å²) in [5.74, 6) is 1.25. The van der Waals surface area contributed by atoms with Crippen molar-refractivity contribution in [3.63, 3.8) is 0 Å². The van der Waals surface area contributed by atoms with Gasteiger partial charge in [-0.05, 0) is 32.8 Å². The van der Waals surface area contributed by atoms with E-state index in [4.69, 9.17) is 15.2 Å². The molecular formula is C16H24N2O3. The number of amides is 1. The molecule has 0 saturated carbocycles. The lowest BCUT2D eigenvalue weighted by atomic mass is 10.2. The summed E-state index contributed by atoms with van der Waals surface area (Å²) in [4.78, 5) is 14.2. The van der Waals surface area contributed by atoms with Gasteiger partial charge in [0.25, 0.3) is 5.91 Å². The molecule has 1 unspecified atom stereocenters. The van der Waals surface area contributed by atoms with E-state index in [9.17, 15) is 4.79 Å². The van der Waals surface area contributed by atoms with Crippen LogP contribution in [0.5, 0.6) is 11.5 Å². The zero-order chi connectivity index (χ0) is 15.2. The van der Waals surface area contributed by atoms with E-state index in [0.29, 0.717) is 24.7 Å². The van der Waals surface area contributed by atoms with Crippen LogP contribution in [0.15, 0.2) is 18.2 Å². The molecule has 0 spiro atoms. The van der Waals surface area contributed by atoms with Crippen LogP contribution in [-0.2, 0) is 11.3 Å². The summed E-state index contributed by atoms with van der Waals surface area (Å²) in [6.07, 6.45) is 1.61. The van der Waals surface area contributed by atoms with Crippen LogP contribution in [0.25, 0.3) is 0 Å². The maximum atomic E-state index is 12.3. The highest BCUT2D eigenvalue weighted by Gasteiger charge is 2.26. The van der Waals surface area contributed by atoms with Crippen LogP contribution >= 0.6 is 0 Å². The average Bonchev–Trinajstić information content (AvgIpc) is 3.02. The van der Waals surface area contributed by atoms with Gasteiger partial charge in [0.2, 0.25) is 0 Å². The molecule has 0 aromatic heterocycles. The Bertz CT molecular complexity index is 484. The predicted octanol–water partition coefficient (Wildman–Crippen LogP) is 1.93. The Hall–Kier alpha value is -1.75. The molecule has 1 aromatic rings. The Morgan fingerprint density at radius 3 is 2.71 bits per heavy atom. The van der Waals surface area contributed by atoms with E-state index in [2.05, 4.69) is 0 Å². The monoisotopic (exact) mass is 292 g/mol. The van der Waals surface area contributed by atoms with Crippen LogP contribution in [0.2, 0.25) is 0 Å². The molecule has 1 aliphatic rings. The number of rotatable bonds is 6. The fourth-order valence-electron chi connectivity index (χ4n) is 2.55. The highest BCUT2D eigenvalue weighted by molar-refractivity contribution is 5.81. The second-order valence-electron chi connectivity index (χ2n) is 5.17. The SMILES string of the molecule is CCOc1cccc(CN)c1OC(C)C(=O)N1CCCC1. The zero-order valence-corrected chi connectivity index (χ0v) is 12.8. The normalized spacial score (nSPS) is 15.9. The second kappa shape index (κ2) is 7.31. The molecule has 5 heteroatoms. The van der Waals surface area contributed by atoms with Gasteiger partial charge in [-0.3, -0.25) is 4.79 Å². The first-order valence-electron chi connectivity index (χ1n) is 7.57. The van der Waals surface area contributed by atoms with Crippen molar-refractivity contribution < 1.29 is 14.3 Å². The maximum absolute atomic E-state index is 12.3. The van der Waals surface area contributed by atoms with Gasteiger partial charge in [-0.25, -0.2) is 0 Å². The lowest BCUT2D eigenvalue weighted by Crippen LogP contribution is -2.38. The number of benzene rings is 1. The zero-order valence-electron chi connectivity index (χ0n) is 12.8. The van der Waals surface area contributed by atoms with Crippen LogP contribution in [0, 0.1) is 0 Å². The van der Waals surface area contributed by atoms with E-state index in [1.54, 1.807) is 6.92 Å². The first kappa shape index (κ1) is 15.6. The largest absolute Gasteiger partial charge is 0.490 e. The summed E-state index contributed by atoms with van der Waals surface area (Å²) in [5, 5.41) is 0. The number of carbonyl (C=O) groups excluding carboxylic acids is 1. The van der Waals surface area contributed by atoms with E-state index in [1.165, 1.54) is 0 Å². The molecule has 1 amide bonds. The second-order valence-corrected chi connectivity index (χ2v) is 5.17. The van der Waals surface area contributed by atoms with Gasteiger partial charge in [0.15, 0.2) is 17.6 Å². The van der Waals surface area contributed by atoms with E-state index < -0.39 is 6.10 Å². The molecule has 21 heavy (non-hydrogen) atoms. The minimum atomic E-state index is -0.532. The van der Waals surface area contributed by atoms with Crippen molar-refractivity contribution in [3.05, 3.63) is 23.8 Å². The molecule has 1 saturated heterocycles. The molecule has 5 nitrogen and oxygen atoms in total. The number of ether oxygens (including phenoxy) is 2. The first-order valence-corrected chi connectivity index (χ1v) is 7.57. The van der Waals surface area contributed by atoms with Crippen LogP contribution < -0.4 is 15.2 Å². The third-order valence-electron chi connectivity index (χ3n) is 3.64. The van der Waals surface area contributed by atoms with Gasteiger partial charge < -0.3 is 20.1 Å². The summed E-state index contributed by atoms with van der Waals surface area (Å²) >= 11 is 0. The molecule has 0 radical (unpaired) electrons. The topological polar surface area (TPSA) is 64.8 Å². The number of likely N-dealkylation sites (tertiary alicyclic amines) is 1. The highest BCUT2D eigenvalue weighted by Crippen LogP contribution is 2.32. The molecule has 1 atom stereocenters. The Morgan fingerprint density at radius 2 is 2.10 bits per heavy atom. The molecule has 0 aliphatic carbocycles. The molecule has 2 rings (SSSR count). The summed E-state index contributed by atoms with van der Waals surface area (Å²) in [6, 6.07) is 5.61. The van der Waals surface area contributed by atoms with Crippen LogP contribution in [-0.4, -0.2) is 36.6 Å². The van der Waals surface area contributed by atoms with E-state index in [1.807, 2.05) is 30.0 Å². The third kappa shape index (κ3) is 3.67. The number of hydrogen-bond acceptors (Lipinski definition) is 4. The summed E-state index contributed by atoms with van der Waals surface area (Å²) < 4.78 is 11.5. The van der Waals surface area contributed by atoms with E-state index in [0.717, 1.165) is 31.5 Å². The first-order chi connectivity index (χ1) is 10.2. The van der Waals surface area contributed by atoms with Gasteiger partial charge in [-0.1, -0.05) is 12.1 Å². The number of hydrogen-bond donors (Lipinski definition) is 1. The molecule has 0 bridgehead atoms. The van der Waals surface area contributed by atoms with Crippen LogP contribution in [0.1, 0.15) is 32.3 Å². The summed E-state index contributed by atoms with van der Waals surface area (Å²) in [6.45, 7) is 6.23. The quantitative estimate of drug-likeness (QED) is 0.870. The minimum absolute atomic E-state index is 0.0294. The van der Waals surface area contributed by atoms with E-state index in [-0.39, 0.29) is 5.91 Å². The smallest absolute Gasteiger partial charge is 0.263 e.